The summed E-state index contributed by atoms with van der Waals surface area (Å²) < 4.78 is 5.45. The topological polar surface area (TPSA) is 24.5 Å². The first-order valence-electron chi connectivity index (χ1n) is 8.06. The fourth-order valence-electron chi connectivity index (χ4n) is 2.88. The van der Waals surface area contributed by atoms with Crippen LogP contribution in [0.2, 0.25) is 0 Å². The molecule has 1 aromatic carbocycles. The molecule has 0 aliphatic heterocycles. The van der Waals surface area contributed by atoms with E-state index in [1.165, 1.54) is 12.0 Å². The van der Waals surface area contributed by atoms with Crippen molar-refractivity contribution in [1.82, 2.24) is 10.2 Å². The molecule has 3 unspecified atom stereocenters. The Bertz CT molecular complexity index is 408. The van der Waals surface area contributed by atoms with Crippen LogP contribution in [0.3, 0.4) is 0 Å². The maximum absolute atomic E-state index is 5.45. The molecule has 1 rings (SSSR count). The van der Waals surface area contributed by atoms with Crippen molar-refractivity contribution < 1.29 is 4.74 Å². The molecule has 120 valence electrons. The lowest BCUT2D eigenvalue weighted by Gasteiger charge is -2.33. The molecule has 0 amide bonds. The van der Waals surface area contributed by atoms with Gasteiger partial charge in [0.15, 0.2) is 0 Å². The Kier molecular flexibility index (Phi) is 7.76. The molecule has 0 aromatic heterocycles. The highest BCUT2D eigenvalue weighted by Gasteiger charge is 2.19. The van der Waals surface area contributed by atoms with E-state index in [0.717, 1.165) is 18.7 Å². The number of nitrogens with one attached hydrogen (secondary N) is 1. The first-order valence-corrected chi connectivity index (χ1v) is 8.06. The standard InChI is InChI=1S/C18H32N2O/c1-7-19-14(2)12-15(3)20(5)16(4)13-17-10-8-9-11-18(17)21-6/h8-11,14-16,19H,7,12-13H2,1-6H3. The van der Waals surface area contributed by atoms with E-state index < -0.39 is 0 Å². The molecule has 1 aromatic rings. The smallest absolute Gasteiger partial charge is 0.122 e. The Balaban J connectivity index is 2.59. The zero-order chi connectivity index (χ0) is 15.8. The van der Waals surface area contributed by atoms with Gasteiger partial charge in [-0.3, -0.25) is 0 Å². The molecule has 3 atom stereocenters. The Labute approximate surface area is 130 Å². The fourth-order valence-corrected chi connectivity index (χ4v) is 2.88. The van der Waals surface area contributed by atoms with Gasteiger partial charge in [0.05, 0.1) is 7.11 Å². The summed E-state index contributed by atoms with van der Waals surface area (Å²) in [5.41, 5.74) is 1.28. The second-order valence-electron chi connectivity index (χ2n) is 6.07. The van der Waals surface area contributed by atoms with Gasteiger partial charge in [0.25, 0.3) is 0 Å². The van der Waals surface area contributed by atoms with Gasteiger partial charge in [0, 0.05) is 18.1 Å². The van der Waals surface area contributed by atoms with Crippen LogP contribution in [0.1, 0.15) is 39.7 Å². The van der Waals surface area contributed by atoms with Crippen molar-refractivity contribution in [2.75, 3.05) is 20.7 Å². The van der Waals surface area contributed by atoms with Gasteiger partial charge in [0.1, 0.15) is 5.75 Å². The highest BCUT2D eigenvalue weighted by atomic mass is 16.5. The lowest BCUT2D eigenvalue weighted by molar-refractivity contribution is 0.176. The van der Waals surface area contributed by atoms with Crippen molar-refractivity contribution >= 4 is 0 Å². The molecule has 0 fully saturated rings. The van der Waals surface area contributed by atoms with Gasteiger partial charge in [-0.1, -0.05) is 25.1 Å². The molecular weight excluding hydrogens is 260 g/mol. The van der Waals surface area contributed by atoms with Crippen molar-refractivity contribution in [3.05, 3.63) is 29.8 Å². The number of hydrogen-bond donors (Lipinski definition) is 1. The molecule has 21 heavy (non-hydrogen) atoms. The van der Waals surface area contributed by atoms with E-state index >= 15 is 0 Å². The summed E-state index contributed by atoms with van der Waals surface area (Å²) in [6.45, 7) is 10.1. The molecule has 3 nitrogen and oxygen atoms in total. The van der Waals surface area contributed by atoms with Crippen LogP contribution < -0.4 is 10.1 Å². The Morgan fingerprint density at radius 1 is 1.14 bits per heavy atom. The molecular formula is C18H32N2O. The third-order valence-corrected chi connectivity index (χ3v) is 4.35. The molecule has 1 N–H and O–H groups in total. The number of likely N-dealkylation sites (N-methyl/N-ethyl adjacent to an activating group) is 1. The van der Waals surface area contributed by atoms with Crippen molar-refractivity contribution in [2.24, 2.45) is 0 Å². The summed E-state index contributed by atoms with van der Waals surface area (Å²) in [6.07, 6.45) is 2.18. The lowest BCUT2D eigenvalue weighted by Crippen LogP contribution is -2.41. The van der Waals surface area contributed by atoms with E-state index in [0.29, 0.717) is 18.1 Å². The van der Waals surface area contributed by atoms with Crippen molar-refractivity contribution in [2.45, 2.75) is 58.7 Å². The maximum atomic E-state index is 5.45. The quantitative estimate of drug-likeness (QED) is 0.755. The molecule has 0 radical (unpaired) electrons. The summed E-state index contributed by atoms with van der Waals surface area (Å²) >= 11 is 0. The van der Waals surface area contributed by atoms with E-state index in [-0.39, 0.29) is 0 Å². The van der Waals surface area contributed by atoms with Crippen LogP contribution in [0.5, 0.6) is 5.75 Å². The average molecular weight is 292 g/mol. The molecule has 0 saturated carbocycles. The van der Waals surface area contributed by atoms with Gasteiger partial charge in [-0.05, 0) is 58.8 Å². The van der Waals surface area contributed by atoms with E-state index in [9.17, 15) is 0 Å². The summed E-state index contributed by atoms with van der Waals surface area (Å²) in [4.78, 5) is 2.47. The van der Waals surface area contributed by atoms with E-state index in [4.69, 9.17) is 4.74 Å². The van der Waals surface area contributed by atoms with Gasteiger partial charge in [-0.15, -0.1) is 0 Å². The van der Waals surface area contributed by atoms with Crippen LogP contribution >= 0.6 is 0 Å². The lowest BCUT2D eigenvalue weighted by atomic mass is 10.0. The maximum Gasteiger partial charge on any atom is 0.122 e. The number of rotatable bonds is 9. The minimum absolute atomic E-state index is 0.491. The molecule has 0 saturated heterocycles. The minimum Gasteiger partial charge on any atom is -0.496 e. The SMILES string of the molecule is CCNC(C)CC(C)N(C)C(C)Cc1ccccc1OC. The van der Waals surface area contributed by atoms with Gasteiger partial charge in [-0.25, -0.2) is 0 Å². The molecule has 0 bridgehead atoms. The van der Waals surface area contributed by atoms with Crippen LogP contribution in [0.4, 0.5) is 0 Å². The average Bonchev–Trinajstić information content (AvgIpc) is 2.47. The van der Waals surface area contributed by atoms with Crippen molar-refractivity contribution in [1.29, 1.82) is 0 Å². The third kappa shape index (κ3) is 5.68. The Morgan fingerprint density at radius 2 is 1.81 bits per heavy atom. The van der Waals surface area contributed by atoms with Crippen LogP contribution in [-0.4, -0.2) is 43.7 Å². The molecule has 0 spiro atoms. The summed E-state index contributed by atoms with van der Waals surface area (Å²) in [7, 11) is 3.97. The minimum atomic E-state index is 0.491. The number of benzene rings is 1. The summed E-state index contributed by atoms with van der Waals surface area (Å²) in [6, 6.07) is 9.92. The second kappa shape index (κ2) is 9.06. The zero-order valence-electron chi connectivity index (χ0n) is 14.5. The van der Waals surface area contributed by atoms with Gasteiger partial charge >= 0.3 is 0 Å². The normalized spacial score (nSPS) is 15.8. The number of nitrogens with zero attached hydrogens (tertiary/aromatic N) is 1. The van der Waals surface area contributed by atoms with Crippen molar-refractivity contribution in [3.8, 4) is 5.75 Å². The zero-order valence-corrected chi connectivity index (χ0v) is 14.5. The first-order chi connectivity index (χ1) is 9.99. The highest BCUT2D eigenvalue weighted by molar-refractivity contribution is 5.33. The van der Waals surface area contributed by atoms with Gasteiger partial charge in [-0.2, -0.15) is 0 Å². The third-order valence-electron chi connectivity index (χ3n) is 4.35. The van der Waals surface area contributed by atoms with Gasteiger partial charge in [0.2, 0.25) is 0 Å². The number of para-hydroxylation sites is 1. The molecule has 0 aliphatic rings. The summed E-state index contributed by atoms with van der Waals surface area (Å²) in [5.74, 6) is 0.992. The van der Waals surface area contributed by atoms with Crippen LogP contribution in [0, 0.1) is 0 Å². The molecule has 0 heterocycles. The largest absolute Gasteiger partial charge is 0.496 e. The number of methoxy groups -OCH3 is 1. The molecule has 3 heteroatoms. The summed E-state index contributed by atoms with van der Waals surface area (Å²) in [5, 5.41) is 3.49. The van der Waals surface area contributed by atoms with Crippen LogP contribution in [-0.2, 0) is 6.42 Å². The van der Waals surface area contributed by atoms with E-state index in [1.807, 2.05) is 12.1 Å². The predicted molar refractivity (Wildman–Crippen MR) is 91.1 cm³/mol. The second-order valence-corrected chi connectivity index (χ2v) is 6.07. The van der Waals surface area contributed by atoms with E-state index in [1.54, 1.807) is 7.11 Å². The predicted octanol–water partition coefficient (Wildman–Crippen LogP) is 3.33. The monoisotopic (exact) mass is 292 g/mol. The number of ether oxygens (including phenoxy) is 1. The Hall–Kier alpha value is -1.06. The van der Waals surface area contributed by atoms with Crippen LogP contribution in [0.15, 0.2) is 24.3 Å². The Morgan fingerprint density at radius 3 is 2.43 bits per heavy atom. The first kappa shape index (κ1) is 18.0. The fraction of sp³-hybridized carbons (Fsp3) is 0.667. The van der Waals surface area contributed by atoms with Gasteiger partial charge < -0.3 is 15.0 Å². The van der Waals surface area contributed by atoms with Crippen molar-refractivity contribution in [3.63, 3.8) is 0 Å². The van der Waals surface area contributed by atoms with Crippen LogP contribution in [0.25, 0.3) is 0 Å². The molecule has 0 aliphatic carbocycles. The number of hydrogen-bond acceptors (Lipinski definition) is 3. The highest BCUT2D eigenvalue weighted by Crippen LogP contribution is 2.21. The van der Waals surface area contributed by atoms with E-state index in [2.05, 4.69) is 57.1 Å².